The van der Waals surface area contributed by atoms with Gasteiger partial charge in [-0.25, -0.2) is 0 Å². The van der Waals surface area contributed by atoms with E-state index in [1.165, 1.54) is 6.92 Å². The maximum Gasteiger partial charge on any atom is 0.193 e. The van der Waals surface area contributed by atoms with Crippen LogP contribution >= 0.6 is 0 Å². The summed E-state index contributed by atoms with van der Waals surface area (Å²) in [6.07, 6.45) is 0. The molecule has 2 nitrogen and oxygen atoms in total. The van der Waals surface area contributed by atoms with E-state index in [1.807, 2.05) is 24.3 Å². The van der Waals surface area contributed by atoms with Gasteiger partial charge in [0.15, 0.2) is 5.78 Å². The van der Waals surface area contributed by atoms with Crippen molar-refractivity contribution in [3.8, 4) is 0 Å². The van der Waals surface area contributed by atoms with Crippen LogP contribution in [0.2, 0.25) is 0 Å². The second-order valence-corrected chi connectivity index (χ2v) is 4.48. The lowest BCUT2D eigenvalue weighted by molar-refractivity contribution is -0.117. The molecule has 2 aromatic carbocycles. The summed E-state index contributed by atoms with van der Waals surface area (Å²) >= 11 is 0. The molecule has 2 heteroatoms. The summed E-state index contributed by atoms with van der Waals surface area (Å²) in [7, 11) is 0. The van der Waals surface area contributed by atoms with Gasteiger partial charge in [-0.1, -0.05) is 48.5 Å². The van der Waals surface area contributed by atoms with Crippen LogP contribution in [0.1, 0.15) is 34.3 Å². The lowest BCUT2D eigenvalue weighted by atomic mass is 9.94. The minimum atomic E-state index is -0.427. The molecule has 0 fully saturated rings. The van der Waals surface area contributed by atoms with Crippen molar-refractivity contribution >= 4 is 11.6 Å². The smallest absolute Gasteiger partial charge is 0.193 e. The van der Waals surface area contributed by atoms with Crippen LogP contribution in [-0.2, 0) is 4.79 Å². The van der Waals surface area contributed by atoms with E-state index in [2.05, 4.69) is 6.92 Å². The molecule has 1 radical (unpaired) electrons. The summed E-state index contributed by atoms with van der Waals surface area (Å²) in [6.45, 7) is 5.32. The Hall–Kier alpha value is -2.22. The summed E-state index contributed by atoms with van der Waals surface area (Å²) in [6, 6.07) is 16.2. The van der Waals surface area contributed by atoms with Crippen molar-refractivity contribution in [1.29, 1.82) is 0 Å². The molecule has 0 saturated carbocycles. The molecule has 0 aromatic heterocycles. The second kappa shape index (κ2) is 5.61. The van der Waals surface area contributed by atoms with Crippen LogP contribution in [0.3, 0.4) is 0 Å². The standard InChI is InChI=1S/C17H15O2/c1-12(13(2)18)15-9-6-10-16(11-15)17(19)14-7-4-3-5-8-14/h3-12H,1H2,2H3. The van der Waals surface area contributed by atoms with Gasteiger partial charge in [-0.15, -0.1) is 0 Å². The number of carbonyl (C=O) groups is 2. The van der Waals surface area contributed by atoms with Crippen LogP contribution in [0.25, 0.3) is 0 Å². The largest absolute Gasteiger partial charge is 0.299 e. The van der Waals surface area contributed by atoms with E-state index in [0.29, 0.717) is 11.1 Å². The number of rotatable bonds is 4. The van der Waals surface area contributed by atoms with Crippen LogP contribution in [0.4, 0.5) is 0 Å². The van der Waals surface area contributed by atoms with Gasteiger partial charge < -0.3 is 0 Å². The van der Waals surface area contributed by atoms with Gasteiger partial charge in [0, 0.05) is 17.0 Å². The van der Waals surface area contributed by atoms with Crippen LogP contribution in [0.5, 0.6) is 0 Å². The van der Waals surface area contributed by atoms with Gasteiger partial charge in [0.25, 0.3) is 0 Å². The molecule has 0 bridgehead atoms. The van der Waals surface area contributed by atoms with Gasteiger partial charge >= 0.3 is 0 Å². The SMILES string of the molecule is [CH2]C(C(C)=O)c1cccc(C(=O)c2ccccc2)c1. The average molecular weight is 251 g/mol. The van der Waals surface area contributed by atoms with Gasteiger partial charge in [-0.3, -0.25) is 9.59 Å². The molecule has 0 heterocycles. The molecule has 1 unspecified atom stereocenters. The van der Waals surface area contributed by atoms with E-state index in [1.54, 1.807) is 30.3 Å². The molecule has 0 N–H and O–H groups in total. The van der Waals surface area contributed by atoms with E-state index in [9.17, 15) is 9.59 Å². The highest BCUT2D eigenvalue weighted by Crippen LogP contribution is 2.19. The number of benzene rings is 2. The van der Waals surface area contributed by atoms with Crippen molar-refractivity contribution in [2.24, 2.45) is 0 Å². The summed E-state index contributed by atoms with van der Waals surface area (Å²) < 4.78 is 0. The van der Waals surface area contributed by atoms with E-state index < -0.39 is 5.92 Å². The van der Waals surface area contributed by atoms with Gasteiger partial charge in [-0.2, -0.15) is 0 Å². The molecule has 2 aromatic rings. The monoisotopic (exact) mass is 251 g/mol. The molecular weight excluding hydrogens is 236 g/mol. The number of ketones is 2. The Balaban J connectivity index is 2.34. The van der Waals surface area contributed by atoms with E-state index in [0.717, 1.165) is 5.56 Å². The number of Topliss-reactive ketones (excluding diaryl/α,β-unsaturated/α-hetero) is 1. The Bertz CT molecular complexity index is 600. The summed E-state index contributed by atoms with van der Waals surface area (Å²) in [5.74, 6) is -0.481. The molecule has 1 atom stereocenters. The zero-order chi connectivity index (χ0) is 13.8. The number of carbonyl (C=O) groups excluding carboxylic acids is 2. The fourth-order valence-electron chi connectivity index (χ4n) is 1.89. The molecule has 0 saturated heterocycles. The zero-order valence-corrected chi connectivity index (χ0v) is 10.8. The Kier molecular flexibility index (Phi) is 3.91. The molecule has 2 rings (SSSR count). The van der Waals surface area contributed by atoms with Crippen molar-refractivity contribution in [1.82, 2.24) is 0 Å². The first-order valence-corrected chi connectivity index (χ1v) is 6.13. The van der Waals surface area contributed by atoms with Crippen molar-refractivity contribution in [2.45, 2.75) is 12.8 Å². The molecule has 0 aliphatic heterocycles. The van der Waals surface area contributed by atoms with Crippen LogP contribution < -0.4 is 0 Å². The number of hydrogen-bond donors (Lipinski definition) is 0. The quantitative estimate of drug-likeness (QED) is 0.780. The molecule has 95 valence electrons. The molecule has 0 amide bonds. The number of hydrogen-bond acceptors (Lipinski definition) is 2. The van der Waals surface area contributed by atoms with Crippen molar-refractivity contribution in [3.63, 3.8) is 0 Å². The lowest BCUT2D eigenvalue weighted by Crippen LogP contribution is -2.07. The first-order chi connectivity index (χ1) is 9.09. The van der Waals surface area contributed by atoms with Gasteiger partial charge in [0.05, 0.1) is 0 Å². The second-order valence-electron chi connectivity index (χ2n) is 4.48. The van der Waals surface area contributed by atoms with Gasteiger partial charge in [-0.05, 0) is 25.5 Å². The van der Waals surface area contributed by atoms with E-state index >= 15 is 0 Å². The third-order valence-electron chi connectivity index (χ3n) is 3.08. The minimum Gasteiger partial charge on any atom is -0.299 e. The Morgan fingerprint density at radius 3 is 2.21 bits per heavy atom. The summed E-state index contributed by atoms with van der Waals surface area (Å²) in [4.78, 5) is 23.6. The first kappa shape index (κ1) is 13.2. The molecule has 0 spiro atoms. The van der Waals surface area contributed by atoms with Crippen molar-refractivity contribution in [3.05, 3.63) is 78.2 Å². The van der Waals surface area contributed by atoms with Gasteiger partial charge in [0.1, 0.15) is 5.78 Å². The van der Waals surface area contributed by atoms with Crippen molar-refractivity contribution in [2.75, 3.05) is 0 Å². The minimum absolute atomic E-state index is 0.00990. The van der Waals surface area contributed by atoms with Crippen LogP contribution in [0.15, 0.2) is 54.6 Å². The van der Waals surface area contributed by atoms with Crippen LogP contribution in [0, 0.1) is 6.92 Å². The highest BCUT2D eigenvalue weighted by atomic mass is 16.1. The molecule has 19 heavy (non-hydrogen) atoms. The van der Waals surface area contributed by atoms with Gasteiger partial charge in [0.2, 0.25) is 0 Å². The highest BCUT2D eigenvalue weighted by molar-refractivity contribution is 6.09. The summed E-state index contributed by atoms with van der Waals surface area (Å²) in [5, 5.41) is 0. The average Bonchev–Trinajstić information content (AvgIpc) is 2.46. The maximum absolute atomic E-state index is 12.3. The zero-order valence-electron chi connectivity index (χ0n) is 10.8. The third kappa shape index (κ3) is 2.97. The Labute approximate surface area is 113 Å². The highest BCUT2D eigenvalue weighted by Gasteiger charge is 2.14. The van der Waals surface area contributed by atoms with E-state index in [-0.39, 0.29) is 11.6 Å². The van der Waals surface area contributed by atoms with Crippen LogP contribution in [-0.4, -0.2) is 11.6 Å². The molecular formula is C17H15O2. The lowest BCUT2D eigenvalue weighted by Gasteiger charge is -2.09. The van der Waals surface area contributed by atoms with E-state index in [4.69, 9.17) is 0 Å². The molecule has 0 aliphatic carbocycles. The predicted octanol–water partition coefficient (Wildman–Crippen LogP) is 3.42. The predicted molar refractivity (Wildman–Crippen MR) is 75.1 cm³/mol. The Morgan fingerprint density at radius 1 is 0.947 bits per heavy atom. The summed E-state index contributed by atoms with van der Waals surface area (Å²) in [5.41, 5.74) is 2.00. The normalized spacial score (nSPS) is 11.9. The third-order valence-corrected chi connectivity index (χ3v) is 3.08. The maximum atomic E-state index is 12.3. The topological polar surface area (TPSA) is 34.1 Å². The van der Waals surface area contributed by atoms with Crippen molar-refractivity contribution < 1.29 is 9.59 Å². The fraction of sp³-hybridized carbons (Fsp3) is 0.118. The Morgan fingerprint density at radius 2 is 1.58 bits per heavy atom. The fourth-order valence-corrected chi connectivity index (χ4v) is 1.89. The first-order valence-electron chi connectivity index (χ1n) is 6.13. The molecule has 0 aliphatic rings.